The van der Waals surface area contributed by atoms with Crippen LogP contribution < -0.4 is 10.6 Å². The lowest BCUT2D eigenvalue weighted by Crippen LogP contribution is -2.25. The van der Waals surface area contributed by atoms with Crippen LogP contribution in [-0.2, 0) is 0 Å². The molecule has 2 heterocycles. The van der Waals surface area contributed by atoms with Gasteiger partial charge in [0.2, 0.25) is 0 Å². The molecule has 0 radical (unpaired) electrons. The third-order valence-electron chi connectivity index (χ3n) is 1.97. The Labute approximate surface area is 80.7 Å². The van der Waals surface area contributed by atoms with Crippen LogP contribution in [-0.4, -0.2) is 35.3 Å². The lowest BCUT2D eigenvalue weighted by atomic mass is 10.4. The van der Waals surface area contributed by atoms with Gasteiger partial charge in [-0.3, -0.25) is 0 Å². The van der Waals surface area contributed by atoms with Crippen LogP contribution in [0.2, 0.25) is 0 Å². The van der Waals surface area contributed by atoms with Crippen LogP contribution in [0.1, 0.15) is 0 Å². The third-order valence-corrected chi connectivity index (χ3v) is 1.97. The van der Waals surface area contributed by atoms with Crippen molar-refractivity contribution in [3.63, 3.8) is 0 Å². The summed E-state index contributed by atoms with van der Waals surface area (Å²) in [5.74, 6) is 0.793. The van der Waals surface area contributed by atoms with Gasteiger partial charge in [-0.05, 0) is 0 Å². The molecule has 0 aliphatic heterocycles. The Balaban J connectivity index is 2.45. The standard InChI is InChI=1S/C8H11N5O/c1-13(3-2-9)7-6-4-12-14-8(6)11-5-10-7/h4-5H,2-3,9H2,1H3. The van der Waals surface area contributed by atoms with E-state index in [9.17, 15) is 0 Å². The van der Waals surface area contributed by atoms with E-state index in [1.54, 1.807) is 6.20 Å². The summed E-state index contributed by atoms with van der Waals surface area (Å²) in [6, 6.07) is 0. The number of fused-ring (bicyclic) bond motifs is 1. The Morgan fingerprint density at radius 2 is 2.36 bits per heavy atom. The fourth-order valence-corrected chi connectivity index (χ4v) is 1.29. The largest absolute Gasteiger partial charge is 0.358 e. The number of nitrogens with zero attached hydrogens (tertiary/aromatic N) is 4. The number of hydrogen-bond acceptors (Lipinski definition) is 6. The van der Waals surface area contributed by atoms with Crippen molar-refractivity contribution in [2.24, 2.45) is 5.73 Å². The predicted molar refractivity (Wildman–Crippen MR) is 51.9 cm³/mol. The molecule has 0 spiro atoms. The van der Waals surface area contributed by atoms with Gasteiger partial charge in [-0.1, -0.05) is 5.16 Å². The molecule has 0 amide bonds. The van der Waals surface area contributed by atoms with Crippen molar-refractivity contribution in [3.05, 3.63) is 12.5 Å². The summed E-state index contributed by atoms with van der Waals surface area (Å²) in [4.78, 5) is 10.0. The second-order valence-corrected chi connectivity index (χ2v) is 2.95. The van der Waals surface area contributed by atoms with Crippen molar-refractivity contribution in [2.75, 3.05) is 25.0 Å². The third kappa shape index (κ3) is 1.39. The molecule has 2 rings (SSSR count). The maximum absolute atomic E-state index is 5.46. The van der Waals surface area contributed by atoms with Crippen molar-refractivity contribution in [3.8, 4) is 0 Å². The minimum Gasteiger partial charge on any atom is -0.358 e. The SMILES string of the molecule is CN(CCN)c1ncnc2oncc12. The Bertz CT molecular complexity index is 426. The maximum atomic E-state index is 5.46. The zero-order valence-corrected chi connectivity index (χ0v) is 7.84. The number of nitrogens with two attached hydrogens (primary N) is 1. The predicted octanol–water partition coefficient (Wildman–Crippen LogP) is 0.0127. The summed E-state index contributed by atoms with van der Waals surface area (Å²) >= 11 is 0. The minimum atomic E-state index is 0.499. The van der Waals surface area contributed by atoms with Crippen LogP contribution in [0.15, 0.2) is 17.0 Å². The zero-order chi connectivity index (χ0) is 9.97. The molecule has 0 unspecified atom stereocenters. The minimum absolute atomic E-state index is 0.499. The molecule has 2 N–H and O–H groups in total. The molecule has 0 aliphatic carbocycles. The van der Waals surface area contributed by atoms with E-state index in [0.717, 1.165) is 17.7 Å². The Hall–Kier alpha value is -1.69. The molecule has 6 nitrogen and oxygen atoms in total. The van der Waals surface area contributed by atoms with Crippen molar-refractivity contribution in [1.29, 1.82) is 0 Å². The van der Waals surface area contributed by atoms with E-state index in [0.29, 0.717) is 12.3 Å². The van der Waals surface area contributed by atoms with Crippen LogP contribution in [0.25, 0.3) is 11.1 Å². The van der Waals surface area contributed by atoms with Crippen LogP contribution in [0.3, 0.4) is 0 Å². The molecule has 2 aromatic rings. The Morgan fingerprint density at radius 1 is 1.50 bits per heavy atom. The van der Waals surface area contributed by atoms with Crippen molar-refractivity contribution < 1.29 is 4.52 Å². The summed E-state index contributed by atoms with van der Waals surface area (Å²) in [5, 5.41) is 4.48. The summed E-state index contributed by atoms with van der Waals surface area (Å²) < 4.78 is 4.93. The van der Waals surface area contributed by atoms with E-state index in [-0.39, 0.29) is 0 Å². The number of anilines is 1. The molecular formula is C8H11N5O. The van der Waals surface area contributed by atoms with E-state index in [2.05, 4.69) is 15.1 Å². The second kappa shape index (κ2) is 3.59. The Kier molecular flexibility index (Phi) is 2.28. The molecule has 0 aromatic carbocycles. The van der Waals surface area contributed by atoms with E-state index in [1.165, 1.54) is 6.33 Å². The molecule has 0 saturated carbocycles. The van der Waals surface area contributed by atoms with E-state index >= 15 is 0 Å². The molecule has 0 saturated heterocycles. The molecular weight excluding hydrogens is 182 g/mol. The number of aromatic nitrogens is 3. The fourth-order valence-electron chi connectivity index (χ4n) is 1.29. The van der Waals surface area contributed by atoms with Gasteiger partial charge in [0.1, 0.15) is 17.5 Å². The van der Waals surface area contributed by atoms with E-state index in [4.69, 9.17) is 10.3 Å². The van der Waals surface area contributed by atoms with Gasteiger partial charge in [-0.2, -0.15) is 4.98 Å². The lowest BCUT2D eigenvalue weighted by Gasteiger charge is -2.16. The molecule has 0 fully saturated rings. The average molecular weight is 193 g/mol. The van der Waals surface area contributed by atoms with Crippen molar-refractivity contribution in [2.45, 2.75) is 0 Å². The molecule has 14 heavy (non-hydrogen) atoms. The van der Waals surface area contributed by atoms with Crippen LogP contribution in [0.5, 0.6) is 0 Å². The Morgan fingerprint density at radius 3 is 3.14 bits per heavy atom. The number of likely N-dealkylation sites (N-methyl/N-ethyl adjacent to an activating group) is 1. The highest BCUT2D eigenvalue weighted by Crippen LogP contribution is 2.20. The molecule has 0 aliphatic rings. The van der Waals surface area contributed by atoms with Gasteiger partial charge in [0.05, 0.1) is 6.20 Å². The summed E-state index contributed by atoms with van der Waals surface area (Å²) in [6.45, 7) is 1.31. The molecule has 6 heteroatoms. The van der Waals surface area contributed by atoms with Gasteiger partial charge in [-0.15, -0.1) is 0 Å². The van der Waals surface area contributed by atoms with Gasteiger partial charge in [0, 0.05) is 20.1 Å². The van der Waals surface area contributed by atoms with E-state index < -0.39 is 0 Å². The summed E-state index contributed by atoms with van der Waals surface area (Å²) in [7, 11) is 1.92. The number of hydrogen-bond donors (Lipinski definition) is 1. The highest BCUT2D eigenvalue weighted by molar-refractivity contribution is 5.84. The zero-order valence-electron chi connectivity index (χ0n) is 7.84. The first kappa shape index (κ1) is 8.89. The highest BCUT2D eigenvalue weighted by Gasteiger charge is 2.10. The monoisotopic (exact) mass is 193 g/mol. The van der Waals surface area contributed by atoms with Crippen LogP contribution in [0, 0.1) is 0 Å². The maximum Gasteiger partial charge on any atom is 0.262 e. The van der Waals surface area contributed by atoms with Gasteiger partial charge >= 0.3 is 0 Å². The normalized spacial score (nSPS) is 10.7. The first-order chi connectivity index (χ1) is 6.83. The molecule has 74 valence electrons. The van der Waals surface area contributed by atoms with Gasteiger partial charge < -0.3 is 15.2 Å². The molecule has 0 bridgehead atoms. The average Bonchev–Trinajstić information content (AvgIpc) is 2.65. The molecule has 2 aromatic heterocycles. The fraction of sp³-hybridized carbons (Fsp3) is 0.375. The first-order valence-corrected chi connectivity index (χ1v) is 4.29. The van der Waals surface area contributed by atoms with Gasteiger partial charge in [0.15, 0.2) is 0 Å². The summed E-state index contributed by atoms with van der Waals surface area (Å²) in [6.07, 6.45) is 3.06. The summed E-state index contributed by atoms with van der Waals surface area (Å²) in [5.41, 5.74) is 5.96. The second-order valence-electron chi connectivity index (χ2n) is 2.95. The van der Waals surface area contributed by atoms with Gasteiger partial charge in [-0.25, -0.2) is 4.98 Å². The van der Waals surface area contributed by atoms with Crippen molar-refractivity contribution in [1.82, 2.24) is 15.1 Å². The topological polar surface area (TPSA) is 81.1 Å². The van der Waals surface area contributed by atoms with Crippen molar-refractivity contribution >= 4 is 16.9 Å². The first-order valence-electron chi connectivity index (χ1n) is 4.29. The van der Waals surface area contributed by atoms with Crippen LogP contribution in [0.4, 0.5) is 5.82 Å². The molecule has 0 atom stereocenters. The smallest absolute Gasteiger partial charge is 0.262 e. The quantitative estimate of drug-likeness (QED) is 0.739. The lowest BCUT2D eigenvalue weighted by molar-refractivity contribution is 0.448. The van der Waals surface area contributed by atoms with Crippen LogP contribution >= 0.6 is 0 Å². The number of rotatable bonds is 3. The highest BCUT2D eigenvalue weighted by atomic mass is 16.5. The van der Waals surface area contributed by atoms with E-state index in [1.807, 2.05) is 11.9 Å². The van der Waals surface area contributed by atoms with Gasteiger partial charge in [0.25, 0.3) is 5.71 Å².